The molecule has 0 saturated heterocycles. The van der Waals surface area contributed by atoms with Crippen molar-refractivity contribution in [3.05, 3.63) is 58.1 Å². The van der Waals surface area contributed by atoms with Crippen LogP contribution in [0.5, 0.6) is 11.5 Å². The Morgan fingerprint density at radius 2 is 1.89 bits per heavy atom. The number of hydrogen-bond donors (Lipinski definition) is 0. The van der Waals surface area contributed by atoms with Gasteiger partial charge >= 0.3 is 0 Å². The third-order valence-electron chi connectivity index (χ3n) is 2.59. The molecule has 0 bridgehead atoms. The van der Waals surface area contributed by atoms with Crippen molar-refractivity contribution in [2.45, 2.75) is 11.9 Å². The Kier molecular flexibility index (Phi) is 5.43. The van der Waals surface area contributed by atoms with Crippen LogP contribution in [0.4, 0.5) is 0 Å². The maximum Gasteiger partial charge on any atom is 0.141 e. The number of ether oxygens (including phenoxy) is 2. The van der Waals surface area contributed by atoms with E-state index in [1.165, 1.54) is 5.56 Å². The molecule has 0 heterocycles. The summed E-state index contributed by atoms with van der Waals surface area (Å²) in [4.78, 5) is 0. The average molecular weight is 386 g/mol. The van der Waals surface area contributed by atoms with Crippen molar-refractivity contribution >= 4 is 31.9 Å². The minimum Gasteiger partial charge on any atom is -0.456 e. The summed E-state index contributed by atoms with van der Waals surface area (Å²) in [7, 11) is 1.68. The smallest absolute Gasteiger partial charge is 0.141 e. The van der Waals surface area contributed by atoms with Crippen LogP contribution >= 0.6 is 31.9 Å². The van der Waals surface area contributed by atoms with E-state index in [9.17, 15) is 0 Å². The average Bonchev–Trinajstić information content (AvgIpc) is 2.42. The van der Waals surface area contributed by atoms with Crippen LogP contribution in [0.25, 0.3) is 0 Å². The first-order valence-electron chi connectivity index (χ1n) is 5.83. The summed E-state index contributed by atoms with van der Waals surface area (Å²) in [5.41, 5.74) is 2.29. The lowest BCUT2D eigenvalue weighted by Crippen LogP contribution is -1.90. The standard InChI is InChI=1S/C15H14Br2O2/c1-18-10-12-3-2-4-13(7-12)19-15-6-5-11(9-16)8-14(15)17/h2-8H,9-10H2,1H3. The molecule has 0 aliphatic rings. The molecule has 2 aromatic carbocycles. The van der Waals surface area contributed by atoms with Crippen LogP contribution in [0.3, 0.4) is 0 Å². The number of hydrogen-bond acceptors (Lipinski definition) is 2. The minimum atomic E-state index is 0.584. The minimum absolute atomic E-state index is 0.584. The van der Waals surface area contributed by atoms with Crippen molar-refractivity contribution in [1.29, 1.82) is 0 Å². The Balaban J connectivity index is 2.18. The van der Waals surface area contributed by atoms with Gasteiger partial charge in [-0.25, -0.2) is 0 Å². The second-order valence-corrected chi connectivity index (χ2v) is 5.50. The molecule has 2 nitrogen and oxygen atoms in total. The second-order valence-electron chi connectivity index (χ2n) is 4.08. The Bertz CT molecular complexity index is 556. The normalized spacial score (nSPS) is 10.5. The highest BCUT2D eigenvalue weighted by molar-refractivity contribution is 9.10. The molecule has 0 spiro atoms. The summed E-state index contributed by atoms with van der Waals surface area (Å²) in [5, 5.41) is 0.829. The van der Waals surface area contributed by atoms with E-state index in [1.54, 1.807) is 7.11 Å². The van der Waals surface area contributed by atoms with Crippen LogP contribution in [0.2, 0.25) is 0 Å². The number of halogens is 2. The molecule has 0 aromatic heterocycles. The molecule has 0 aliphatic heterocycles. The Morgan fingerprint density at radius 3 is 2.58 bits per heavy atom. The van der Waals surface area contributed by atoms with Gasteiger partial charge in [0.25, 0.3) is 0 Å². The molecule has 19 heavy (non-hydrogen) atoms. The predicted molar refractivity (Wildman–Crippen MR) is 84.0 cm³/mol. The van der Waals surface area contributed by atoms with Crippen LogP contribution < -0.4 is 4.74 Å². The predicted octanol–water partition coefficient (Wildman–Crippen LogP) is 5.28. The van der Waals surface area contributed by atoms with Gasteiger partial charge in [-0.2, -0.15) is 0 Å². The fraction of sp³-hybridized carbons (Fsp3) is 0.200. The summed E-state index contributed by atoms with van der Waals surface area (Å²) < 4.78 is 11.9. The van der Waals surface area contributed by atoms with Gasteiger partial charge in [-0.15, -0.1) is 0 Å². The van der Waals surface area contributed by atoms with Gasteiger partial charge in [0.15, 0.2) is 0 Å². The quantitative estimate of drug-likeness (QED) is 0.651. The maximum atomic E-state index is 5.88. The van der Waals surface area contributed by atoms with Crippen molar-refractivity contribution in [2.24, 2.45) is 0 Å². The van der Waals surface area contributed by atoms with Crippen LogP contribution in [0, 0.1) is 0 Å². The summed E-state index contributed by atoms with van der Waals surface area (Å²) in [5.74, 6) is 1.61. The molecule has 4 heteroatoms. The molecule has 0 N–H and O–H groups in total. The third-order valence-corrected chi connectivity index (χ3v) is 3.86. The summed E-state index contributed by atoms with van der Waals surface area (Å²) >= 11 is 6.96. The van der Waals surface area contributed by atoms with E-state index in [1.807, 2.05) is 42.5 Å². The number of alkyl halides is 1. The zero-order chi connectivity index (χ0) is 13.7. The largest absolute Gasteiger partial charge is 0.456 e. The molecule has 0 unspecified atom stereocenters. The van der Waals surface area contributed by atoms with Gasteiger partial charge < -0.3 is 9.47 Å². The van der Waals surface area contributed by atoms with Gasteiger partial charge in [0.1, 0.15) is 11.5 Å². The van der Waals surface area contributed by atoms with Gasteiger partial charge in [0, 0.05) is 12.4 Å². The molecule has 2 rings (SSSR count). The monoisotopic (exact) mass is 384 g/mol. The van der Waals surface area contributed by atoms with Crippen LogP contribution in [0.15, 0.2) is 46.9 Å². The first-order valence-corrected chi connectivity index (χ1v) is 7.74. The molecule has 0 amide bonds. The molecule has 2 aromatic rings. The van der Waals surface area contributed by atoms with Crippen LogP contribution in [-0.2, 0) is 16.7 Å². The molecule has 0 fully saturated rings. The molecular weight excluding hydrogens is 372 g/mol. The lowest BCUT2D eigenvalue weighted by molar-refractivity contribution is 0.184. The Labute approximate surface area is 130 Å². The van der Waals surface area contributed by atoms with E-state index in [4.69, 9.17) is 9.47 Å². The van der Waals surface area contributed by atoms with Gasteiger partial charge in [-0.1, -0.05) is 34.1 Å². The first kappa shape index (κ1) is 14.6. The van der Waals surface area contributed by atoms with Gasteiger partial charge in [0.2, 0.25) is 0 Å². The van der Waals surface area contributed by atoms with E-state index in [0.717, 1.165) is 26.9 Å². The van der Waals surface area contributed by atoms with E-state index in [-0.39, 0.29) is 0 Å². The molecule has 100 valence electrons. The Hall–Kier alpha value is -0.840. The maximum absolute atomic E-state index is 5.88. The lowest BCUT2D eigenvalue weighted by atomic mass is 10.2. The van der Waals surface area contributed by atoms with E-state index < -0.39 is 0 Å². The van der Waals surface area contributed by atoms with Crippen molar-refractivity contribution < 1.29 is 9.47 Å². The van der Waals surface area contributed by atoms with Gasteiger partial charge in [0.05, 0.1) is 11.1 Å². The SMILES string of the molecule is COCc1cccc(Oc2ccc(CBr)cc2Br)c1. The number of benzene rings is 2. The second kappa shape index (κ2) is 7.08. The van der Waals surface area contributed by atoms with Crippen LogP contribution in [-0.4, -0.2) is 7.11 Å². The van der Waals surface area contributed by atoms with Crippen molar-refractivity contribution in [1.82, 2.24) is 0 Å². The number of methoxy groups -OCH3 is 1. The van der Waals surface area contributed by atoms with E-state index >= 15 is 0 Å². The molecule has 0 atom stereocenters. The summed E-state index contributed by atoms with van der Waals surface area (Å²) in [6, 6.07) is 13.9. The molecule has 0 aliphatic carbocycles. The van der Waals surface area contributed by atoms with E-state index in [2.05, 4.69) is 31.9 Å². The molecule has 0 radical (unpaired) electrons. The fourth-order valence-electron chi connectivity index (χ4n) is 1.70. The molecule has 0 saturated carbocycles. The Morgan fingerprint density at radius 1 is 1.05 bits per heavy atom. The highest BCUT2D eigenvalue weighted by Gasteiger charge is 2.04. The topological polar surface area (TPSA) is 18.5 Å². The number of rotatable bonds is 5. The zero-order valence-corrected chi connectivity index (χ0v) is 13.7. The zero-order valence-electron chi connectivity index (χ0n) is 10.5. The van der Waals surface area contributed by atoms with E-state index in [0.29, 0.717) is 6.61 Å². The highest BCUT2D eigenvalue weighted by atomic mass is 79.9. The van der Waals surface area contributed by atoms with Crippen molar-refractivity contribution in [2.75, 3.05) is 7.11 Å². The van der Waals surface area contributed by atoms with Crippen molar-refractivity contribution in [3.8, 4) is 11.5 Å². The van der Waals surface area contributed by atoms with Crippen molar-refractivity contribution in [3.63, 3.8) is 0 Å². The summed E-state index contributed by atoms with van der Waals surface area (Å²) in [6.45, 7) is 0.584. The first-order chi connectivity index (χ1) is 9.22. The van der Waals surface area contributed by atoms with Gasteiger partial charge in [-0.05, 0) is 51.3 Å². The lowest BCUT2D eigenvalue weighted by Gasteiger charge is -2.10. The third kappa shape index (κ3) is 4.06. The summed E-state index contributed by atoms with van der Waals surface area (Å²) in [6.07, 6.45) is 0. The highest BCUT2D eigenvalue weighted by Crippen LogP contribution is 2.31. The fourth-order valence-corrected chi connectivity index (χ4v) is 2.56. The molecular formula is C15H14Br2O2. The van der Waals surface area contributed by atoms with Crippen LogP contribution in [0.1, 0.15) is 11.1 Å². The van der Waals surface area contributed by atoms with Gasteiger partial charge in [-0.3, -0.25) is 0 Å².